The minimum Gasteiger partial charge on any atom is -0.463 e. The summed E-state index contributed by atoms with van der Waals surface area (Å²) in [6.07, 6.45) is -4.15. The molecule has 0 saturated carbocycles. The molecule has 0 bridgehead atoms. The van der Waals surface area contributed by atoms with Crippen LogP contribution in [0.4, 0.5) is 30.7 Å². The molecule has 4 nitrogen and oxygen atoms in total. The summed E-state index contributed by atoms with van der Waals surface area (Å²) in [5.74, 6) is -10.8. The highest BCUT2D eigenvalue weighted by Crippen LogP contribution is 2.38. The van der Waals surface area contributed by atoms with E-state index >= 15 is 0 Å². The van der Waals surface area contributed by atoms with Gasteiger partial charge in [0.1, 0.15) is 22.9 Å². The fourth-order valence-corrected chi connectivity index (χ4v) is 3.01. The largest absolute Gasteiger partial charge is 0.463 e. The monoisotopic (exact) mass is 464 g/mol. The Labute approximate surface area is 177 Å². The van der Waals surface area contributed by atoms with Crippen molar-refractivity contribution in [3.63, 3.8) is 0 Å². The van der Waals surface area contributed by atoms with Crippen molar-refractivity contribution >= 4 is 5.97 Å². The predicted molar refractivity (Wildman–Crippen MR) is 95.2 cm³/mol. The molecule has 0 fully saturated rings. The van der Waals surface area contributed by atoms with Gasteiger partial charge in [-0.1, -0.05) is 6.08 Å². The van der Waals surface area contributed by atoms with Crippen molar-refractivity contribution in [3.8, 4) is 5.75 Å². The minimum absolute atomic E-state index is 0.0212. The lowest BCUT2D eigenvalue weighted by molar-refractivity contribution is -0.189. The van der Waals surface area contributed by atoms with Gasteiger partial charge in [0.2, 0.25) is 0 Å². The third-order valence-electron chi connectivity index (χ3n) is 4.49. The summed E-state index contributed by atoms with van der Waals surface area (Å²) in [5.41, 5.74) is -1.73. The van der Waals surface area contributed by atoms with E-state index in [1.165, 1.54) is 6.08 Å². The fourth-order valence-electron chi connectivity index (χ4n) is 3.01. The van der Waals surface area contributed by atoms with E-state index in [9.17, 15) is 35.5 Å². The van der Waals surface area contributed by atoms with Crippen molar-refractivity contribution in [1.82, 2.24) is 0 Å². The van der Waals surface area contributed by atoms with E-state index in [4.69, 9.17) is 9.47 Å². The van der Waals surface area contributed by atoms with Crippen LogP contribution in [-0.2, 0) is 20.4 Å². The number of hydrogen-bond acceptors (Lipinski definition) is 4. The van der Waals surface area contributed by atoms with Crippen molar-refractivity contribution in [3.05, 3.63) is 76.1 Å². The van der Waals surface area contributed by atoms with Gasteiger partial charge in [-0.3, -0.25) is 0 Å². The molecule has 2 aromatic carbocycles. The number of rotatable bonds is 6. The Morgan fingerprint density at radius 2 is 1.62 bits per heavy atom. The van der Waals surface area contributed by atoms with Crippen LogP contribution in [0.3, 0.4) is 0 Å². The molecule has 172 valence electrons. The summed E-state index contributed by atoms with van der Waals surface area (Å²) in [4.78, 5) is 11.7. The summed E-state index contributed by atoms with van der Waals surface area (Å²) in [7, 11) is 0. The molecule has 1 aliphatic heterocycles. The Morgan fingerprint density at radius 3 is 2.12 bits per heavy atom. The summed E-state index contributed by atoms with van der Waals surface area (Å²) < 4.78 is 111. The second-order valence-electron chi connectivity index (χ2n) is 6.66. The maximum Gasteiger partial charge on any atom is 0.432 e. The molecule has 0 aromatic heterocycles. The lowest BCUT2D eigenvalue weighted by Gasteiger charge is -2.24. The topological polar surface area (TPSA) is 44.8 Å². The van der Waals surface area contributed by atoms with Crippen molar-refractivity contribution < 1.29 is 49.7 Å². The van der Waals surface area contributed by atoms with Gasteiger partial charge in [-0.25, -0.2) is 26.7 Å². The van der Waals surface area contributed by atoms with Gasteiger partial charge >= 0.3 is 12.1 Å². The number of alkyl halides is 2. The third kappa shape index (κ3) is 4.87. The smallest absolute Gasteiger partial charge is 0.432 e. The van der Waals surface area contributed by atoms with Gasteiger partial charge in [-0.05, 0) is 31.0 Å². The van der Waals surface area contributed by atoms with Gasteiger partial charge in [-0.15, -0.1) is 0 Å². The Kier molecular flexibility index (Phi) is 6.77. The number of esters is 1. The molecule has 0 saturated heterocycles. The number of benzene rings is 2. The van der Waals surface area contributed by atoms with Crippen molar-refractivity contribution in [2.45, 2.75) is 25.6 Å². The SMILES string of the molecule is CCOC(=O)C1=CCC(c2cc(F)c(C(F)(F)Oc3cc(F)c(F)c(F)c3)c(F)c2)OC1. The first-order chi connectivity index (χ1) is 15.0. The van der Waals surface area contributed by atoms with Gasteiger partial charge in [0.15, 0.2) is 17.5 Å². The molecule has 1 atom stereocenters. The summed E-state index contributed by atoms with van der Waals surface area (Å²) in [6, 6.07) is 1.41. The zero-order valence-electron chi connectivity index (χ0n) is 16.4. The first-order valence-electron chi connectivity index (χ1n) is 9.22. The predicted octanol–water partition coefficient (Wildman–Crippen LogP) is 5.46. The van der Waals surface area contributed by atoms with Crippen LogP contribution < -0.4 is 4.74 Å². The molecule has 1 heterocycles. The lowest BCUT2D eigenvalue weighted by atomic mass is 10.00. The molecule has 32 heavy (non-hydrogen) atoms. The number of carbonyl (C=O) groups excluding carboxylic acids is 1. The van der Waals surface area contributed by atoms with Crippen LogP contribution in [0.15, 0.2) is 35.9 Å². The molecule has 0 spiro atoms. The van der Waals surface area contributed by atoms with Crippen molar-refractivity contribution in [2.24, 2.45) is 0 Å². The number of ether oxygens (including phenoxy) is 3. The number of carbonyl (C=O) groups is 1. The first-order valence-corrected chi connectivity index (χ1v) is 9.22. The molecule has 1 unspecified atom stereocenters. The number of hydrogen-bond donors (Lipinski definition) is 0. The lowest BCUT2D eigenvalue weighted by Crippen LogP contribution is -2.26. The Morgan fingerprint density at radius 1 is 1.03 bits per heavy atom. The normalized spacial score (nSPS) is 16.5. The van der Waals surface area contributed by atoms with Crippen molar-refractivity contribution in [2.75, 3.05) is 13.2 Å². The molecule has 0 N–H and O–H groups in total. The average molecular weight is 464 g/mol. The van der Waals surface area contributed by atoms with E-state index < -0.39 is 58.6 Å². The Hall–Kier alpha value is -3.08. The molecule has 0 radical (unpaired) electrons. The van der Waals surface area contributed by atoms with E-state index in [1.54, 1.807) is 6.92 Å². The molecular weight excluding hydrogens is 449 g/mol. The van der Waals surface area contributed by atoms with Gasteiger partial charge in [0.25, 0.3) is 0 Å². The van der Waals surface area contributed by atoms with Crippen LogP contribution in [0.2, 0.25) is 0 Å². The van der Waals surface area contributed by atoms with E-state index in [1.807, 2.05) is 0 Å². The molecule has 11 heteroatoms. The highest BCUT2D eigenvalue weighted by molar-refractivity contribution is 5.88. The van der Waals surface area contributed by atoms with Crippen LogP contribution in [-0.4, -0.2) is 19.2 Å². The van der Waals surface area contributed by atoms with Gasteiger partial charge in [0.05, 0.1) is 24.9 Å². The molecule has 0 amide bonds. The molecule has 1 aliphatic rings. The third-order valence-corrected chi connectivity index (χ3v) is 4.49. The van der Waals surface area contributed by atoms with Crippen molar-refractivity contribution in [1.29, 1.82) is 0 Å². The first kappa shape index (κ1) is 23.6. The van der Waals surface area contributed by atoms with Crippen LogP contribution in [0.1, 0.15) is 30.6 Å². The summed E-state index contributed by atoms with van der Waals surface area (Å²) in [5, 5.41) is 0. The van der Waals surface area contributed by atoms with E-state index in [0.29, 0.717) is 12.1 Å². The van der Waals surface area contributed by atoms with E-state index in [2.05, 4.69) is 4.74 Å². The van der Waals surface area contributed by atoms with E-state index in [0.717, 1.165) is 0 Å². The standard InChI is InChI=1S/C21H15F7O4/c1-2-30-20(29)10-3-4-17(31-9-10)11-5-13(22)18(14(23)6-11)21(27,28)32-12-7-15(24)19(26)16(25)8-12/h3,5-8,17H,2,4,9H2,1H3. The molecule has 2 aromatic rings. The Bertz CT molecular complexity index is 1020. The van der Waals surface area contributed by atoms with Gasteiger partial charge in [0, 0.05) is 12.1 Å². The van der Waals surface area contributed by atoms with Crippen LogP contribution in [0, 0.1) is 29.1 Å². The summed E-state index contributed by atoms with van der Waals surface area (Å²) >= 11 is 0. The maximum absolute atomic E-state index is 14.4. The van der Waals surface area contributed by atoms with Crippen LogP contribution in [0.25, 0.3) is 0 Å². The molecule has 3 rings (SSSR count). The highest BCUT2D eigenvalue weighted by Gasteiger charge is 2.42. The average Bonchev–Trinajstić information content (AvgIpc) is 2.71. The van der Waals surface area contributed by atoms with Gasteiger partial charge in [-0.2, -0.15) is 8.78 Å². The highest BCUT2D eigenvalue weighted by atomic mass is 19.3. The van der Waals surface area contributed by atoms with Gasteiger partial charge < -0.3 is 14.2 Å². The zero-order valence-corrected chi connectivity index (χ0v) is 16.4. The molecular formula is C21H15F7O4. The van der Waals surface area contributed by atoms with Crippen LogP contribution >= 0.6 is 0 Å². The van der Waals surface area contributed by atoms with Crippen LogP contribution in [0.5, 0.6) is 5.75 Å². The van der Waals surface area contributed by atoms with E-state index in [-0.39, 0.29) is 42.9 Å². The second kappa shape index (κ2) is 9.19. The zero-order chi connectivity index (χ0) is 23.6. The second-order valence-corrected chi connectivity index (χ2v) is 6.66. The quantitative estimate of drug-likeness (QED) is 0.324. The molecule has 0 aliphatic carbocycles. The minimum atomic E-state index is -4.69. The maximum atomic E-state index is 14.4. The summed E-state index contributed by atoms with van der Waals surface area (Å²) in [6.45, 7) is 1.54. The Balaban J connectivity index is 1.83. The number of halogens is 7. The fraction of sp³-hybridized carbons (Fsp3) is 0.286.